The number of carbonyl (C=O) groups excluding carboxylic acids is 2. The Kier molecular flexibility index (Phi) is 10.0. The Balaban J connectivity index is 0.00000380. The predicted octanol–water partition coefficient (Wildman–Crippen LogP) is 5.85. The van der Waals surface area contributed by atoms with Crippen LogP contribution >= 0.6 is 23.7 Å². The molecule has 0 aliphatic rings. The molecule has 3 N–H and O–H groups in total. The Bertz CT molecular complexity index is 1390. The lowest BCUT2D eigenvalue weighted by atomic mass is 10.1. The Morgan fingerprint density at radius 2 is 1.84 bits per heavy atom. The molecule has 2 amide bonds. The van der Waals surface area contributed by atoms with Crippen LogP contribution in [0.1, 0.15) is 50.7 Å². The molecular weight excluding hydrogens is 506 g/mol. The molecule has 2 heterocycles. The van der Waals surface area contributed by atoms with Crippen LogP contribution < -0.4 is 10.6 Å². The standard InChI is InChI=1S/C28H31N5O2S.ClH/c1-4-33(5-2)16-15-29-27(34)21-11-10-20(12-13-24-22-8-6-7-9-23(22)31-32-24)25(18-21)30-28(35)26-19(3)14-17-36-26;/h6-14,17-18H,4-5,15-16H2,1-3H3,(H,29,34)(H,30,35)(H,31,32);1H. The summed E-state index contributed by atoms with van der Waals surface area (Å²) >= 11 is 1.40. The Hall–Kier alpha value is -3.46. The van der Waals surface area contributed by atoms with E-state index in [0.29, 0.717) is 22.7 Å². The van der Waals surface area contributed by atoms with Gasteiger partial charge in [0, 0.05) is 29.7 Å². The van der Waals surface area contributed by atoms with Gasteiger partial charge in [-0.1, -0.05) is 44.2 Å². The average Bonchev–Trinajstić information content (AvgIpc) is 3.51. The summed E-state index contributed by atoms with van der Waals surface area (Å²) in [6.45, 7) is 9.35. The predicted molar refractivity (Wildman–Crippen MR) is 156 cm³/mol. The van der Waals surface area contributed by atoms with Crippen molar-refractivity contribution in [3.05, 3.63) is 81.2 Å². The molecule has 7 nitrogen and oxygen atoms in total. The minimum Gasteiger partial charge on any atom is -0.351 e. The van der Waals surface area contributed by atoms with E-state index >= 15 is 0 Å². The van der Waals surface area contributed by atoms with Crippen molar-refractivity contribution in [2.24, 2.45) is 0 Å². The number of H-pyrrole nitrogens is 1. The SMILES string of the molecule is CCN(CC)CCNC(=O)c1ccc(C=Cc2n[nH]c3ccccc23)c(NC(=O)c2sccc2C)c1.Cl. The van der Waals surface area contributed by atoms with Crippen molar-refractivity contribution in [1.82, 2.24) is 20.4 Å². The lowest BCUT2D eigenvalue weighted by Gasteiger charge is -2.18. The molecule has 0 spiro atoms. The Morgan fingerprint density at radius 1 is 1.05 bits per heavy atom. The highest BCUT2D eigenvalue weighted by molar-refractivity contribution is 7.12. The molecule has 0 fully saturated rings. The van der Waals surface area contributed by atoms with Gasteiger partial charge in [0.15, 0.2) is 0 Å². The molecule has 0 unspecified atom stereocenters. The smallest absolute Gasteiger partial charge is 0.266 e. The number of amides is 2. The highest BCUT2D eigenvalue weighted by atomic mass is 35.5. The summed E-state index contributed by atoms with van der Waals surface area (Å²) in [5.74, 6) is -0.361. The van der Waals surface area contributed by atoms with Crippen LogP contribution in [0.25, 0.3) is 23.1 Å². The molecular formula is C28H32ClN5O2S. The third-order valence-corrected chi connectivity index (χ3v) is 7.18. The Labute approximate surface area is 227 Å². The molecule has 4 rings (SSSR count). The van der Waals surface area contributed by atoms with E-state index in [4.69, 9.17) is 0 Å². The third-order valence-electron chi connectivity index (χ3n) is 6.16. The van der Waals surface area contributed by atoms with E-state index < -0.39 is 0 Å². The molecule has 0 atom stereocenters. The average molecular weight is 538 g/mol. The van der Waals surface area contributed by atoms with Crippen LogP contribution in [0.5, 0.6) is 0 Å². The van der Waals surface area contributed by atoms with E-state index in [2.05, 4.69) is 39.6 Å². The minimum atomic E-state index is -0.193. The van der Waals surface area contributed by atoms with E-state index in [9.17, 15) is 9.59 Å². The summed E-state index contributed by atoms with van der Waals surface area (Å²) in [4.78, 5) is 28.8. The van der Waals surface area contributed by atoms with Crippen LogP contribution in [0, 0.1) is 6.92 Å². The van der Waals surface area contributed by atoms with Crippen LogP contribution in [0.4, 0.5) is 5.69 Å². The molecule has 0 radical (unpaired) electrons. The molecule has 37 heavy (non-hydrogen) atoms. The van der Waals surface area contributed by atoms with Crippen molar-refractivity contribution in [3.8, 4) is 0 Å². The first-order valence-corrected chi connectivity index (χ1v) is 13.0. The van der Waals surface area contributed by atoms with E-state index in [-0.39, 0.29) is 24.2 Å². The molecule has 0 aliphatic heterocycles. The second-order valence-electron chi connectivity index (χ2n) is 8.46. The maximum absolute atomic E-state index is 13.0. The maximum atomic E-state index is 13.0. The zero-order valence-corrected chi connectivity index (χ0v) is 22.8. The molecule has 9 heteroatoms. The van der Waals surface area contributed by atoms with Crippen molar-refractivity contribution in [2.45, 2.75) is 20.8 Å². The number of carbonyl (C=O) groups is 2. The molecule has 0 aliphatic carbocycles. The number of halogens is 1. The van der Waals surface area contributed by atoms with Gasteiger partial charge in [-0.2, -0.15) is 5.10 Å². The minimum absolute atomic E-state index is 0. The zero-order valence-electron chi connectivity index (χ0n) is 21.2. The monoisotopic (exact) mass is 537 g/mol. The fourth-order valence-electron chi connectivity index (χ4n) is 3.99. The summed E-state index contributed by atoms with van der Waals surface area (Å²) in [5, 5.41) is 16.3. The molecule has 2 aromatic carbocycles. The molecule has 4 aromatic rings. The number of likely N-dealkylation sites (N-methyl/N-ethyl adjacent to an activating group) is 1. The number of thiophene rings is 1. The van der Waals surface area contributed by atoms with E-state index in [1.807, 2.05) is 60.9 Å². The van der Waals surface area contributed by atoms with Crippen LogP contribution in [0.2, 0.25) is 0 Å². The summed E-state index contributed by atoms with van der Waals surface area (Å²) in [6.07, 6.45) is 3.81. The van der Waals surface area contributed by atoms with E-state index in [1.54, 1.807) is 12.1 Å². The number of hydrogen-bond acceptors (Lipinski definition) is 5. The summed E-state index contributed by atoms with van der Waals surface area (Å²) < 4.78 is 0. The highest BCUT2D eigenvalue weighted by Crippen LogP contribution is 2.25. The van der Waals surface area contributed by atoms with Gasteiger partial charge in [-0.15, -0.1) is 23.7 Å². The van der Waals surface area contributed by atoms with Gasteiger partial charge < -0.3 is 15.5 Å². The number of aromatic amines is 1. The number of rotatable bonds is 10. The van der Waals surface area contributed by atoms with Crippen LogP contribution in [-0.2, 0) is 0 Å². The number of benzene rings is 2. The summed E-state index contributed by atoms with van der Waals surface area (Å²) in [6, 6.07) is 15.2. The third kappa shape index (κ3) is 6.85. The number of fused-ring (bicyclic) bond motifs is 1. The quantitative estimate of drug-likeness (QED) is 0.237. The lowest BCUT2D eigenvalue weighted by molar-refractivity contribution is 0.0947. The fraction of sp³-hybridized carbons (Fsp3) is 0.250. The highest BCUT2D eigenvalue weighted by Gasteiger charge is 2.15. The molecule has 194 valence electrons. The first-order chi connectivity index (χ1) is 17.5. The molecule has 0 saturated carbocycles. The fourth-order valence-corrected chi connectivity index (χ4v) is 4.81. The van der Waals surface area contributed by atoms with Gasteiger partial charge in [-0.3, -0.25) is 14.7 Å². The largest absolute Gasteiger partial charge is 0.351 e. The first kappa shape index (κ1) is 28.1. The number of aromatic nitrogens is 2. The van der Waals surface area contributed by atoms with Gasteiger partial charge in [-0.25, -0.2) is 0 Å². The maximum Gasteiger partial charge on any atom is 0.266 e. The second kappa shape index (κ2) is 13.2. The molecule has 0 bridgehead atoms. The van der Waals surface area contributed by atoms with Gasteiger partial charge in [0.25, 0.3) is 11.8 Å². The first-order valence-electron chi connectivity index (χ1n) is 12.1. The number of para-hydroxylation sites is 1. The number of nitrogens with zero attached hydrogens (tertiary/aromatic N) is 2. The topological polar surface area (TPSA) is 90.1 Å². The number of nitrogens with one attached hydrogen (secondary N) is 3. The van der Waals surface area contributed by atoms with Gasteiger partial charge in [0.2, 0.25) is 0 Å². The van der Waals surface area contributed by atoms with Gasteiger partial charge in [-0.05, 0) is 66.9 Å². The van der Waals surface area contributed by atoms with Gasteiger partial charge >= 0.3 is 0 Å². The summed E-state index contributed by atoms with van der Waals surface area (Å²) in [5.41, 5.74) is 4.52. The van der Waals surface area contributed by atoms with Crippen molar-refractivity contribution < 1.29 is 9.59 Å². The van der Waals surface area contributed by atoms with Gasteiger partial charge in [0.05, 0.1) is 16.1 Å². The van der Waals surface area contributed by atoms with Crippen molar-refractivity contribution in [1.29, 1.82) is 0 Å². The summed E-state index contributed by atoms with van der Waals surface area (Å²) in [7, 11) is 0. The van der Waals surface area contributed by atoms with E-state index in [0.717, 1.165) is 47.4 Å². The molecule has 0 saturated heterocycles. The van der Waals surface area contributed by atoms with Crippen LogP contribution in [0.3, 0.4) is 0 Å². The number of hydrogen-bond donors (Lipinski definition) is 3. The van der Waals surface area contributed by atoms with Crippen molar-refractivity contribution in [3.63, 3.8) is 0 Å². The number of anilines is 1. The lowest BCUT2D eigenvalue weighted by Crippen LogP contribution is -2.34. The van der Waals surface area contributed by atoms with E-state index in [1.165, 1.54) is 11.3 Å². The van der Waals surface area contributed by atoms with Crippen molar-refractivity contribution in [2.75, 3.05) is 31.5 Å². The van der Waals surface area contributed by atoms with Gasteiger partial charge in [0.1, 0.15) is 0 Å². The normalized spacial score (nSPS) is 11.1. The van der Waals surface area contributed by atoms with Crippen LogP contribution in [0.15, 0.2) is 53.9 Å². The Morgan fingerprint density at radius 3 is 2.57 bits per heavy atom. The van der Waals surface area contributed by atoms with Crippen molar-refractivity contribution >= 4 is 64.3 Å². The molecule has 2 aromatic heterocycles. The van der Waals surface area contributed by atoms with Crippen LogP contribution in [-0.4, -0.2) is 53.1 Å². The zero-order chi connectivity index (χ0) is 25.5. The number of aryl methyl sites for hydroxylation is 1. The second-order valence-corrected chi connectivity index (χ2v) is 9.38.